The molecule has 0 aliphatic carbocycles. The highest BCUT2D eigenvalue weighted by Gasteiger charge is 2.27. The lowest BCUT2D eigenvalue weighted by molar-refractivity contribution is -0.142. The molecule has 0 aliphatic rings. The zero-order chi connectivity index (χ0) is 20.5. The van der Waals surface area contributed by atoms with Gasteiger partial charge in [-0.15, -0.1) is 0 Å². The second kappa shape index (κ2) is 10.5. The van der Waals surface area contributed by atoms with Gasteiger partial charge in [-0.1, -0.05) is 55.0 Å². The fraction of sp³-hybridized carbons (Fsp3) is 0.391. The Morgan fingerprint density at radius 3 is 2.29 bits per heavy atom. The lowest BCUT2D eigenvalue weighted by Gasteiger charge is -2.29. The Morgan fingerprint density at radius 2 is 1.68 bits per heavy atom. The van der Waals surface area contributed by atoms with E-state index in [1.807, 2.05) is 75.4 Å². The van der Waals surface area contributed by atoms with Crippen LogP contribution in [0.3, 0.4) is 0 Å². The number of carbonyl (C=O) groups is 2. The standard InChI is InChI=1S/C23H30N2O3/c1-5-18(3)24-23(27)19(4)25(15-20-9-7-6-8-10-20)22(26)16-28-21-13-11-17(2)12-14-21/h6-14,18-19H,5,15-16H2,1-4H3,(H,24,27)/t18-,19-/m1/s1. The van der Waals surface area contributed by atoms with Gasteiger partial charge in [-0.25, -0.2) is 0 Å². The maximum atomic E-state index is 12.9. The van der Waals surface area contributed by atoms with E-state index in [1.165, 1.54) is 0 Å². The quantitative estimate of drug-likeness (QED) is 0.719. The maximum Gasteiger partial charge on any atom is 0.261 e. The minimum Gasteiger partial charge on any atom is -0.484 e. The van der Waals surface area contributed by atoms with Gasteiger partial charge in [0, 0.05) is 12.6 Å². The Balaban J connectivity index is 2.10. The fourth-order valence-electron chi connectivity index (χ4n) is 2.69. The van der Waals surface area contributed by atoms with E-state index in [4.69, 9.17) is 4.74 Å². The number of amides is 2. The largest absolute Gasteiger partial charge is 0.484 e. The number of benzene rings is 2. The van der Waals surface area contributed by atoms with Crippen LogP contribution in [0.1, 0.15) is 38.3 Å². The molecule has 5 heteroatoms. The number of ether oxygens (including phenoxy) is 1. The first kappa shape index (κ1) is 21.5. The molecular formula is C23H30N2O3. The summed E-state index contributed by atoms with van der Waals surface area (Å²) in [5.74, 6) is 0.250. The van der Waals surface area contributed by atoms with Gasteiger partial charge in [0.15, 0.2) is 6.61 Å². The van der Waals surface area contributed by atoms with Gasteiger partial charge in [-0.05, 0) is 44.9 Å². The summed E-state index contributed by atoms with van der Waals surface area (Å²) in [7, 11) is 0. The number of nitrogens with one attached hydrogen (secondary N) is 1. The highest BCUT2D eigenvalue weighted by atomic mass is 16.5. The van der Waals surface area contributed by atoms with E-state index in [2.05, 4.69) is 5.32 Å². The third kappa shape index (κ3) is 6.41. The summed E-state index contributed by atoms with van der Waals surface area (Å²) in [6.07, 6.45) is 0.835. The molecule has 2 rings (SSSR count). The number of hydrogen-bond acceptors (Lipinski definition) is 3. The molecule has 150 valence electrons. The van der Waals surface area contributed by atoms with Crippen LogP contribution in [0.4, 0.5) is 0 Å². The van der Waals surface area contributed by atoms with Crippen LogP contribution < -0.4 is 10.1 Å². The minimum atomic E-state index is -0.594. The van der Waals surface area contributed by atoms with Gasteiger partial charge in [-0.3, -0.25) is 9.59 Å². The lowest BCUT2D eigenvalue weighted by atomic mass is 10.1. The highest BCUT2D eigenvalue weighted by molar-refractivity contribution is 5.88. The Morgan fingerprint density at radius 1 is 1.04 bits per heavy atom. The molecule has 5 nitrogen and oxygen atoms in total. The van der Waals surface area contributed by atoms with Crippen LogP contribution >= 0.6 is 0 Å². The van der Waals surface area contributed by atoms with Crippen LogP contribution in [-0.4, -0.2) is 35.4 Å². The van der Waals surface area contributed by atoms with Gasteiger partial charge in [0.05, 0.1) is 0 Å². The summed E-state index contributed by atoms with van der Waals surface area (Å²) in [6.45, 7) is 7.95. The monoisotopic (exact) mass is 382 g/mol. The molecule has 2 atom stereocenters. The van der Waals surface area contributed by atoms with Gasteiger partial charge < -0.3 is 15.0 Å². The van der Waals surface area contributed by atoms with Crippen LogP contribution in [0.5, 0.6) is 5.75 Å². The average molecular weight is 383 g/mol. The molecule has 0 aliphatic heterocycles. The molecule has 1 N–H and O–H groups in total. The molecule has 0 fully saturated rings. The van der Waals surface area contributed by atoms with Crippen molar-refractivity contribution in [3.05, 3.63) is 65.7 Å². The van der Waals surface area contributed by atoms with E-state index in [0.29, 0.717) is 12.3 Å². The smallest absolute Gasteiger partial charge is 0.261 e. The Labute approximate surface area is 167 Å². The van der Waals surface area contributed by atoms with Crippen molar-refractivity contribution in [1.29, 1.82) is 0 Å². The number of carbonyl (C=O) groups excluding carboxylic acids is 2. The van der Waals surface area contributed by atoms with Crippen LogP contribution in [-0.2, 0) is 16.1 Å². The Hall–Kier alpha value is -2.82. The molecule has 0 unspecified atom stereocenters. The lowest BCUT2D eigenvalue weighted by Crippen LogP contribution is -2.50. The van der Waals surface area contributed by atoms with Crippen molar-refractivity contribution >= 4 is 11.8 Å². The van der Waals surface area contributed by atoms with Crippen LogP contribution in [0.25, 0.3) is 0 Å². The predicted molar refractivity (Wildman–Crippen MR) is 111 cm³/mol. The molecule has 0 spiro atoms. The van der Waals surface area contributed by atoms with Gasteiger partial charge in [-0.2, -0.15) is 0 Å². The van der Waals surface area contributed by atoms with E-state index in [0.717, 1.165) is 17.5 Å². The summed E-state index contributed by atoms with van der Waals surface area (Å²) >= 11 is 0. The van der Waals surface area contributed by atoms with Crippen molar-refractivity contribution in [3.63, 3.8) is 0 Å². The SMILES string of the molecule is CC[C@@H](C)NC(=O)[C@@H](C)N(Cc1ccccc1)C(=O)COc1ccc(C)cc1. The molecule has 0 radical (unpaired) electrons. The molecule has 2 amide bonds. The summed E-state index contributed by atoms with van der Waals surface area (Å²) in [4.78, 5) is 27.1. The second-order valence-corrected chi connectivity index (χ2v) is 7.10. The highest BCUT2D eigenvalue weighted by Crippen LogP contribution is 2.14. The molecule has 2 aromatic rings. The number of hydrogen-bond donors (Lipinski definition) is 1. The minimum absolute atomic E-state index is 0.0624. The van der Waals surface area contributed by atoms with E-state index in [-0.39, 0.29) is 24.5 Å². The molecule has 28 heavy (non-hydrogen) atoms. The third-order valence-electron chi connectivity index (χ3n) is 4.75. The molecule has 0 aromatic heterocycles. The zero-order valence-electron chi connectivity index (χ0n) is 17.1. The summed E-state index contributed by atoms with van der Waals surface area (Å²) in [5.41, 5.74) is 2.09. The first-order valence-corrected chi connectivity index (χ1v) is 9.74. The van der Waals surface area contributed by atoms with Crippen molar-refractivity contribution in [1.82, 2.24) is 10.2 Å². The van der Waals surface area contributed by atoms with E-state index in [1.54, 1.807) is 11.8 Å². The Kier molecular flexibility index (Phi) is 8.05. The van der Waals surface area contributed by atoms with E-state index in [9.17, 15) is 9.59 Å². The zero-order valence-corrected chi connectivity index (χ0v) is 17.1. The molecule has 0 saturated carbocycles. The van der Waals surface area contributed by atoms with E-state index >= 15 is 0 Å². The molecule has 0 heterocycles. The average Bonchev–Trinajstić information content (AvgIpc) is 2.71. The van der Waals surface area contributed by atoms with Crippen LogP contribution in [0, 0.1) is 6.92 Å². The van der Waals surface area contributed by atoms with Crippen LogP contribution in [0.15, 0.2) is 54.6 Å². The van der Waals surface area contributed by atoms with Crippen molar-refractivity contribution in [3.8, 4) is 5.75 Å². The summed E-state index contributed by atoms with van der Waals surface area (Å²) in [5, 5.41) is 2.96. The molecule has 0 bridgehead atoms. The Bertz CT molecular complexity index is 759. The van der Waals surface area contributed by atoms with Gasteiger partial charge in [0.1, 0.15) is 11.8 Å². The summed E-state index contributed by atoms with van der Waals surface area (Å²) in [6, 6.07) is 16.7. The first-order valence-electron chi connectivity index (χ1n) is 9.74. The topological polar surface area (TPSA) is 58.6 Å². The van der Waals surface area contributed by atoms with Gasteiger partial charge in [0.25, 0.3) is 5.91 Å². The number of aryl methyl sites for hydroxylation is 1. The van der Waals surface area contributed by atoms with Gasteiger partial charge in [0.2, 0.25) is 5.91 Å². The van der Waals surface area contributed by atoms with Gasteiger partial charge >= 0.3 is 0 Å². The summed E-state index contributed by atoms with van der Waals surface area (Å²) < 4.78 is 5.65. The maximum absolute atomic E-state index is 12.9. The number of rotatable bonds is 9. The third-order valence-corrected chi connectivity index (χ3v) is 4.75. The van der Waals surface area contributed by atoms with Crippen molar-refractivity contribution in [2.24, 2.45) is 0 Å². The van der Waals surface area contributed by atoms with E-state index < -0.39 is 6.04 Å². The normalized spacial score (nSPS) is 12.7. The molecule has 2 aromatic carbocycles. The fourth-order valence-corrected chi connectivity index (χ4v) is 2.69. The van der Waals surface area contributed by atoms with Crippen molar-refractivity contribution in [2.45, 2.75) is 52.7 Å². The van der Waals surface area contributed by atoms with Crippen LogP contribution in [0.2, 0.25) is 0 Å². The second-order valence-electron chi connectivity index (χ2n) is 7.10. The first-order chi connectivity index (χ1) is 13.4. The molecular weight excluding hydrogens is 352 g/mol. The molecule has 0 saturated heterocycles. The number of nitrogens with zero attached hydrogens (tertiary/aromatic N) is 1. The predicted octanol–water partition coefficient (Wildman–Crippen LogP) is 3.71. The van der Waals surface area contributed by atoms with Crippen molar-refractivity contribution in [2.75, 3.05) is 6.61 Å². The van der Waals surface area contributed by atoms with Crippen molar-refractivity contribution < 1.29 is 14.3 Å².